The summed E-state index contributed by atoms with van der Waals surface area (Å²) >= 11 is 11.8. The second kappa shape index (κ2) is 7.70. The summed E-state index contributed by atoms with van der Waals surface area (Å²) in [4.78, 5) is 24.7. The Kier molecular flexibility index (Phi) is 5.36. The molecule has 0 aliphatic rings. The predicted octanol–water partition coefficient (Wildman–Crippen LogP) is 4.60. The minimum atomic E-state index is -0.829. The Labute approximate surface area is 164 Å². The summed E-state index contributed by atoms with van der Waals surface area (Å²) < 4.78 is 12.2. The van der Waals surface area contributed by atoms with Crippen molar-refractivity contribution in [3.05, 3.63) is 75.2 Å². The quantitative estimate of drug-likeness (QED) is 0.459. The van der Waals surface area contributed by atoms with Gasteiger partial charge >= 0.3 is 5.97 Å². The van der Waals surface area contributed by atoms with Gasteiger partial charge in [0.05, 0.1) is 5.02 Å². The van der Waals surface area contributed by atoms with Crippen molar-refractivity contribution in [1.29, 1.82) is 5.26 Å². The van der Waals surface area contributed by atoms with Gasteiger partial charge in [0.15, 0.2) is 6.61 Å². The van der Waals surface area contributed by atoms with Crippen LogP contribution in [-0.2, 0) is 4.74 Å². The van der Waals surface area contributed by atoms with Crippen LogP contribution in [0, 0.1) is 18.3 Å². The monoisotopic (exact) mass is 402 g/mol. The van der Waals surface area contributed by atoms with E-state index < -0.39 is 18.4 Å². The number of rotatable bonds is 5. The molecule has 0 atom stereocenters. The lowest BCUT2D eigenvalue weighted by molar-refractivity contribution is 0.0472. The van der Waals surface area contributed by atoms with Crippen molar-refractivity contribution in [3.8, 4) is 12.0 Å². The van der Waals surface area contributed by atoms with E-state index in [-0.39, 0.29) is 33.4 Å². The van der Waals surface area contributed by atoms with E-state index in [4.69, 9.17) is 32.4 Å². The minimum Gasteiger partial charge on any atom is -0.454 e. The van der Waals surface area contributed by atoms with Gasteiger partial charge in [-0.15, -0.1) is 0 Å². The van der Waals surface area contributed by atoms with Crippen LogP contribution < -0.4 is 0 Å². The third kappa shape index (κ3) is 3.75. The molecule has 2 aromatic heterocycles. The number of ether oxygens (including phenoxy) is 1. The molecular formula is C19H12Cl2N2O4. The summed E-state index contributed by atoms with van der Waals surface area (Å²) in [5, 5.41) is 10.0. The van der Waals surface area contributed by atoms with E-state index in [1.807, 2.05) is 6.07 Å². The van der Waals surface area contributed by atoms with Crippen LogP contribution in [0.2, 0.25) is 10.0 Å². The van der Waals surface area contributed by atoms with Gasteiger partial charge in [-0.2, -0.15) is 5.26 Å². The Morgan fingerprint density at radius 1 is 1.26 bits per heavy atom. The summed E-state index contributed by atoms with van der Waals surface area (Å²) in [7, 11) is 0. The van der Waals surface area contributed by atoms with Gasteiger partial charge in [-0.25, -0.2) is 4.79 Å². The molecule has 0 unspecified atom stereocenters. The molecule has 0 N–H and O–H groups in total. The number of Topliss-reactive ketones (excluding diaryl/α,β-unsaturated/α-hetero) is 1. The van der Waals surface area contributed by atoms with Gasteiger partial charge in [-0.1, -0.05) is 23.2 Å². The molecule has 0 fully saturated rings. The molecule has 0 bridgehead atoms. The number of aromatic nitrogens is 1. The van der Waals surface area contributed by atoms with E-state index in [0.717, 1.165) is 0 Å². The molecular weight excluding hydrogens is 391 g/mol. The number of esters is 1. The van der Waals surface area contributed by atoms with Crippen molar-refractivity contribution in [2.75, 3.05) is 6.61 Å². The average Bonchev–Trinajstić information content (AvgIpc) is 3.26. The van der Waals surface area contributed by atoms with Gasteiger partial charge in [-0.3, -0.25) is 9.36 Å². The topological polar surface area (TPSA) is 85.2 Å². The number of hydrogen-bond acceptors (Lipinski definition) is 5. The van der Waals surface area contributed by atoms with E-state index in [0.29, 0.717) is 5.02 Å². The van der Waals surface area contributed by atoms with Crippen LogP contribution in [0.1, 0.15) is 32.0 Å². The average molecular weight is 403 g/mol. The molecule has 27 heavy (non-hydrogen) atoms. The molecule has 0 saturated heterocycles. The molecule has 3 rings (SSSR count). The summed E-state index contributed by atoms with van der Waals surface area (Å²) in [6, 6.07) is 9.86. The van der Waals surface area contributed by atoms with Crippen LogP contribution in [0.25, 0.3) is 5.88 Å². The van der Waals surface area contributed by atoms with E-state index >= 15 is 0 Å². The zero-order chi connectivity index (χ0) is 19.6. The first-order chi connectivity index (χ1) is 12.9. The number of nitrogens with zero attached hydrogens (tertiary/aromatic N) is 2. The number of hydrogen-bond donors (Lipinski definition) is 0. The molecule has 3 aromatic rings. The Hall–Kier alpha value is -3.01. The fourth-order valence-electron chi connectivity index (χ4n) is 2.53. The first-order valence-electron chi connectivity index (χ1n) is 7.74. The molecule has 8 heteroatoms. The molecule has 2 heterocycles. The second-order valence-electron chi connectivity index (χ2n) is 5.54. The van der Waals surface area contributed by atoms with Crippen LogP contribution in [0.15, 0.2) is 47.1 Å². The van der Waals surface area contributed by atoms with Crippen molar-refractivity contribution in [2.45, 2.75) is 6.92 Å². The van der Waals surface area contributed by atoms with E-state index in [9.17, 15) is 14.9 Å². The van der Waals surface area contributed by atoms with Gasteiger partial charge < -0.3 is 9.15 Å². The molecule has 0 radical (unpaired) electrons. The first-order valence-corrected chi connectivity index (χ1v) is 8.50. The Morgan fingerprint density at radius 2 is 1.96 bits per heavy atom. The number of halogens is 2. The fraction of sp³-hybridized carbons (Fsp3) is 0.105. The van der Waals surface area contributed by atoms with E-state index in [2.05, 4.69) is 0 Å². The molecule has 136 valence electrons. The zero-order valence-corrected chi connectivity index (χ0v) is 15.5. The summed E-state index contributed by atoms with van der Waals surface area (Å²) in [6.45, 7) is 1.01. The fourth-order valence-corrected chi connectivity index (χ4v) is 3.04. The number of aryl methyl sites for hydroxylation is 1. The van der Waals surface area contributed by atoms with Crippen molar-refractivity contribution in [1.82, 2.24) is 4.57 Å². The highest BCUT2D eigenvalue weighted by atomic mass is 35.5. The molecule has 0 saturated carbocycles. The standard InChI is InChI=1S/C19H12Cl2N2O4/c1-11-17(14(9-22)18(27-11)23-6-2-3-7-23)19(25)26-10-16(24)13-5-4-12(20)8-15(13)21/h2-8H,10H2,1H3. The Balaban J connectivity index is 1.81. The van der Waals surface area contributed by atoms with Gasteiger partial charge in [0.2, 0.25) is 11.7 Å². The van der Waals surface area contributed by atoms with Crippen molar-refractivity contribution >= 4 is 35.0 Å². The SMILES string of the molecule is Cc1oc(-n2cccc2)c(C#N)c1C(=O)OCC(=O)c1ccc(Cl)cc1Cl. The number of carbonyl (C=O) groups is 2. The molecule has 0 aliphatic carbocycles. The summed E-state index contributed by atoms with van der Waals surface area (Å²) in [5.41, 5.74) is 0.202. The second-order valence-corrected chi connectivity index (χ2v) is 6.38. The maximum Gasteiger partial charge on any atom is 0.343 e. The number of nitriles is 1. The largest absolute Gasteiger partial charge is 0.454 e. The highest BCUT2D eigenvalue weighted by molar-refractivity contribution is 6.36. The maximum atomic E-state index is 12.5. The first kappa shape index (κ1) is 18.8. The number of ketones is 1. The lowest BCUT2D eigenvalue weighted by Gasteiger charge is -2.06. The van der Waals surface area contributed by atoms with Crippen molar-refractivity contribution < 1.29 is 18.7 Å². The van der Waals surface area contributed by atoms with Crippen LogP contribution in [-0.4, -0.2) is 22.9 Å². The normalized spacial score (nSPS) is 10.4. The van der Waals surface area contributed by atoms with E-state index in [1.54, 1.807) is 36.0 Å². The lowest BCUT2D eigenvalue weighted by Crippen LogP contribution is -2.15. The third-order valence-electron chi connectivity index (χ3n) is 3.79. The molecule has 0 amide bonds. The smallest absolute Gasteiger partial charge is 0.343 e. The van der Waals surface area contributed by atoms with Gasteiger partial charge in [0, 0.05) is 23.0 Å². The number of benzene rings is 1. The van der Waals surface area contributed by atoms with Crippen LogP contribution in [0.5, 0.6) is 0 Å². The predicted molar refractivity (Wildman–Crippen MR) is 98.6 cm³/mol. The molecule has 6 nitrogen and oxygen atoms in total. The van der Waals surface area contributed by atoms with Gasteiger partial charge in [-0.05, 0) is 37.3 Å². The van der Waals surface area contributed by atoms with Gasteiger partial charge in [0.1, 0.15) is 23.0 Å². The summed E-state index contributed by atoms with van der Waals surface area (Å²) in [6.07, 6.45) is 3.36. The Morgan fingerprint density at radius 3 is 2.59 bits per heavy atom. The number of carbonyl (C=O) groups excluding carboxylic acids is 2. The highest BCUT2D eigenvalue weighted by Gasteiger charge is 2.26. The maximum absolute atomic E-state index is 12.5. The zero-order valence-electron chi connectivity index (χ0n) is 14.0. The Bertz CT molecular complexity index is 1060. The van der Waals surface area contributed by atoms with Crippen LogP contribution in [0.4, 0.5) is 0 Å². The lowest BCUT2D eigenvalue weighted by atomic mass is 10.1. The molecule has 0 spiro atoms. The third-order valence-corrected chi connectivity index (χ3v) is 4.33. The molecule has 1 aromatic carbocycles. The minimum absolute atomic E-state index is 0.0174. The number of furan rings is 1. The van der Waals surface area contributed by atoms with Crippen LogP contribution in [0.3, 0.4) is 0 Å². The van der Waals surface area contributed by atoms with Crippen LogP contribution >= 0.6 is 23.2 Å². The molecule has 0 aliphatic heterocycles. The highest BCUT2D eigenvalue weighted by Crippen LogP contribution is 2.26. The summed E-state index contributed by atoms with van der Waals surface area (Å²) in [5.74, 6) is -0.892. The van der Waals surface area contributed by atoms with Gasteiger partial charge in [0.25, 0.3) is 0 Å². The van der Waals surface area contributed by atoms with E-state index in [1.165, 1.54) is 18.2 Å². The van der Waals surface area contributed by atoms with Crippen molar-refractivity contribution in [3.63, 3.8) is 0 Å². The van der Waals surface area contributed by atoms with Crippen molar-refractivity contribution in [2.24, 2.45) is 0 Å².